The highest BCUT2D eigenvalue weighted by atomic mass is 32.2. The molecule has 1 aromatic carbocycles. The molecule has 0 aliphatic carbocycles. The van der Waals surface area contributed by atoms with Crippen molar-refractivity contribution < 1.29 is 92.0 Å². The molecule has 98 heavy (non-hydrogen) atoms. The third-order valence-corrected chi connectivity index (χ3v) is 18.4. The highest BCUT2D eigenvalue weighted by Gasteiger charge is 2.44. The quantitative estimate of drug-likeness (QED) is 0.0252. The molecule has 2 saturated heterocycles. The molecule has 0 spiro atoms. The summed E-state index contributed by atoms with van der Waals surface area (Å²) in [6.07, 6.45) is -0.425. The third-order valence-electron chi connectivity index (χ3n) is 16.2. The Bertz CT molecular complexity index is 2960. The summed E-state index contributed by atoms with van der Waals surface area (Å²) >= 11 is 2.40. The minimum absolute atomic E-state index is 0.0351. The summed E-state index contributed by atoms with van der Waals surface area (Å²) in [4.78, 5) is 199. The van der Waals surface area contributed by atoms with Crippen LogP contribution in [0.3, 0.4) is 0 Å². The van der Waals surface area contributed by atoms with E-state index in [2.05, 4.69) is 54.4 Å². The maximum absolute atomic E-state index is 15.0. The van der Waals surface area contributed by atoms with Gasteiger partial charge in [-0.3, -0.25) is 67.1 Å². The van der Waals surface area contributed by atoms with Gasteiger partial charge in [-0.1, -0.05) is 19.9 Å². The van der Waals surface area contributed by atoms with E-state index in [1.165, 1.54) is 23.6 Å². The number of aliphatic hydroxyl groups is 1. The molecule has 0 saturated carbocycles. The number of carbonyl (C=O) groups is 14. The zero-order valence-electron chi connectivity index (χ0n) is 56.0. The molecule has 33 nitrogen and oxygen atoms in total. The van der Waals surface area contributed by atoms with Crippen LogP contribution in [-0.4, -0.2) is 226 Å². The number of nitrogens with two attached hydrogens (primary N) is 3. The summed E-state index contributed by atoms with van der Waals surface area (Å²) in [7, 11) is 0. The molecule has 2 fully saturated rings. The van der Waals surface area contributed by atoms with Crippen molar-refractivity contribution in [1.82, 2.24) is 52.3 Å². The number of nitrogens with zero attached hydrogens (tertiary/aromatic N) is 3. The number of aliphatic hydroxyl groups excluding tert-OH is 1. The number of carbonyl (C=O) groups excluding carboxylic acids is 12. The lowest BCUT2D eigenvalue weighted by molar-refractivity contribution is -0.145. The van der Waals surface area contributed by atoms with Gasteiger partial charge in [0, 0.05) is 62.6 Å². The average molecular weight is 1420 g/mol. The van der Waals surface area contributed by atoms with Gasteiger partial charge in [0.2, 0.25) is 70.9 Å². The predicted octanol–water partition coefficient (Wildman–Crippen LogP) is -1.74. The highest BCUT2D eigenvalue weighted by Crippen LogP contribution is 2.28. The van der Waals surface area contributed by atoms with Crippen molar-refractivity contribution >= 4 is 113 Å². The SMILES string of the molecule is C=NOCCCCCCOc1cc2cc(c1)CSC[C@H](NC(=O)[C@H](CCCCN)NC(C)=O)C(=O)N1CCC[C@H]1C(=O)N[C@@H](CC(C)C)C(=O)N[C@@H](CC(=O)O)C(=O)N[C@@H]([C@@H](C)O)C(=O)N1CCC[C@H]1C(=O)N[C@@H](CCC(N)=O)C(=O)N[C@@H](CCC(=O)O)C(=O)N[C@H](C(N)=O)CSC2. The smallest absolute Gasteiger partial charge is 0.305 e. The number of oxime groups is 1. The second-order valence-corrected chi connectivity index (χ2v) is 26.9. The van der Waals surface area contributed by atoms with Crippen molar-refractivity contribution in [2.24, 2.45) is 28.3 Å². The predicted molar refractivity (Wildman–Crippen MR) is 360 cm³/mol. The lowest BCUT2D eigenvalue weighted by Crippen LogP contribution is -2.62. The summed E-state index contributed by atoms with van der Waals surface area (Å²) in [6, 6.07) is -9.75. The zero-order chi connectivity index (χ0) is 72.6. The molecule has 3 aliphatic heterocycles. The Labute approximate surface area is 577 Å². The number of unbranched alkanes of at least 4 members (excludes halogenated alkanes) is 4. The van der Waals surface area contributed by atoms with Crippen molar-refractivity contribution in [3.8, 4) is 5.75 Å². The maximum Gasteiger partial charge on any atom is 0.305 e. The maximum atomic E-state index is 15.0. The lowest BCUT2D eigenvalue weighted by Gasteiger charge is -2.32. The van der Waals surface area contributed by atoms with Crippen LogP contribution in [0.4, 0.5) is 0 Å². The molecule has 12 amide bonds. The second-order valence-electron chi connectivity index (χ2n) is 24.8. The van der Waals surface area contributed by atoms with Gasteiger partial charge in [0.05, 0.1) is 19.1 Å². The van der Waals surface area contributed by atoms with Crippen LogP contribution >= 0.6 is 23.5 Å². The highest BCUT2D eigenvalue weighted by molar-refractivity contribution is 7.98. The van der Waals surface area contributed by atoms with Gasteiger partial charge >= 0.3 is 11.9 Å². The number of primary amides is 2. The van der Waals surface area contributed by atoms with Gasteiger partial charge in [-0.05, 0) is 133 Å². The van der Waals surface area contributed by atoms with Crippen molar-refractivity contribution in [3.05, 3.63) is 29.3 Å². The van der Waals surface area contributed by atoms with E-state index in [0.717, 1.165) is 42.8 Å². The Kier molecular flexibility index (Phi) is 35.6. The van der Waals surface area contributed by atoms with E-state index in [9.17, 15) is 77.6 Å². The molecule has 0 unspecified atom stereocenters. The minimum atomic E-state index is -1.96. The van der Waals surface area contributed by atoms with Crippen LogP contribution < -0.4 is 64.5 Å². The molecule has 17 N–H and O–H groups in total. The molecule has 546 valence electrons. The van der Waals surface area contributed by atoms with Crippen LogP contribution in [0.2, 0.25) is 0 Å². The summed E-state index contributed by atoms with van der Waals surface area (Å²) in [5.41, 5.74) is 18.4. The second kappa shape index (κ2) is 42.5. The Morgan fingerprint density at radius 2 is 1.21 bits per heavy atom. The molecule has 4 rings (SSSR count). The van der Waals surface area contributed by atoms with Crippen LogP contribution in [0, 0.1) is 5.92 Å². The van der Waals surface area contributed by atoms with Gasteiger partial charge in [-0.2, -0.15) is 23.5 Å². The van der Waals surface area contributed by atoms with Crippen LogP contribution in [-0.2, 0) is 83.5 Å². The largest absolute Gasteiger partial charge is 0.494 e. The molecule has 2 bridgehead atoms. The fraction of sp³-hybridized carbons (Fsp3) is 0.667. The van der Waals surface area contributed by atoms with Crippen LogP contribution in [0.15, 0.2) is 23.4 Å². The molecular weight excluding hydrogens is 1320 g/mol. The number of benzene rings is 1. The van der Waals surface area contributed by atoms with Crippen molar-refractivity contribution in [2.45, 2.75) is 215 Å². The fourth-order valence-electron chi connectivity index (χ4n) is 11.3. The van der Waals surface area contributed by atoms with Gasteiger partial charge in [-0.25, -0.2) is 0 Å². The van der Waals surface area contributed by atoms with E-state index in [0.29, 0.717) is 62.3 Å². The first-order valence-electron chi connectivity index (χ1n) is 32.9. The molecule has 11 atom stereocenters. The lowest BCUT2D eigenvalue weighted by atomic mass is 10.0. The number of amides is 12. The molecule has 35 heteroatoms. The first-order chi connectivity index (χ1) is 46.5. The summed E-state index contributed by atoms with van der Waals surface area (Å²) < 4.78 is 6.26. The molecule has 0 aromatic heterocycles. The molecule has 0 radical (unpaired) electrons. The van der Waals surface area contributed by atoms with Crippen molar-refractivity contribution in [2.75, 3.05) is 44.4 Å². The minimum Gasteiger partial charge on any atom is -0.494 e. The number of rotatable bonds is 28. The number of ether oxygens (including phenoxy) is 1. The van der Waals surface area contributed by atoms with Gasteiger partial charge in [-0.15, -0.1) is 5.16 Å². The molecular formula is C63H98N14O19S2. The Hall–Kier alpha value is -8.31. The standard InChI is InChI=1S/C63H98N14O19S2/c1-35(2)26-44-58(89)71-45(30-52(83)84)59(90)75-53(36(3)78)63(94)77-23-13-16-49(77)60(91)70-42(17-19-50(65)80)56(87)69-43(18-20-51(81)82)57(88)73-46(54(66)85)33-97-31-38-27-39(29-40(28-38)95-24-10-6-7-11-25-96-67-5)32-98-34-47(62(93)76-22-12-15-48(76)61(92)72-44)74-55(86)41(68-37(4)79)14-8-9-21-64/h27-29,35-36,41-49,53,78H,5-26,30-34,64H2,1-4H3,(H2,65,80)(H2,66,85)(H,68,79)(H,69,87)(H,70,91)(H,71,89)(H,72,92)(H,73,88)(H,74,86)(H,75,90)(H,81,82)(H,83,84)/t36-,41+,42+,43+,44+,45+,46+,47+,48+,49+,53+/m1/s1. The normalized spacial score (nSPS) is 23.7. The number of carboxylic acid groups (broad SMARTS) is 2. The molecule has 1 aromatic rings. The number of fused-ring (bicyclic) bond motifs is 4. The third kappa shape index (κ3) is 28.3. The monoisotopic (exact) mass is 1420 g/mol. The Morgan fingerprint density at radius 1 is 0.673 bits per heavy atom. The van der Waals surface area contributed by atoms with Crippen molar-refractivity contribution in [1.29, 1.82) is 0 Å². The number of hydrogen-bond acceptors (Lipinski definition) is 21. The van der Waals surface area contributed by atoms with Crippen LogP contribution in [0.1, 0.15) is 148 Å². The first-order valence-corrected chi connectivity index (χ1v) is 35.2. The number of carboxylic acids is 2. The van der Waals surface area contributed by atoms with Gasteiger partial charge < -0.3 is 94.4 Å². The number of thioether (sulfide) groups is 2. The van der Waals surface area contributed by atoms with E-state index in [-0.39, 0.29) is 74.1 Å². The van der Waals surface area contributed by atoms with E-state index in [1.54, 1.807) is 26.0 Å². The Balaban J connectivity index is 1.85. The zero-order valence-corrected chi connectivity index (χ0v) is 57.6. The Morgan fingerprint density at radius 3 is 1.77 bits per heavy atom. The van der Waals surface area contributed by atoms with Crippen LogP contribution in [0.25, 0.3) is 0 Å². The number of aliphatic carboxylic acids is 2. The first kappa shape index (κ1) is 82.1. The van der Waals surface area contributed by atoms with E-state index < -0.39 is 181 Å². The summed E-state index contributed by atoms with van der Waals surface area (Å²) in [5, 5.41) is 54.4. The molecule has 3 aliphatic rings. The van der Waals surface area contributed by atoms with Crippen LogP contribution in [0.5, 0.6) is 5.75 Å². The number of hydrogen-bond donors (Lipinski definition) is 14. The van der Waals surface area contributed by atoms with Gasteiger partial charge in [0.1, 0.15) is 72.8 Å². The van der Waals surface area contributed by atoms with E-state index >= 15 is 4.79 Å². The summed E-state index contributed by atoms with van der Waals surface area (Å²) in [5.74, 6) is -13.8. The fourth-order valence-corrected chi connectivity index (χ4v) is 13.2. The number of nitrogens with one attached hydrogen (secondary N) is 8. The van der Waals surface area contributed by atoms with E-state index in [4.69, 9.17) is 26.8 Å². The van der Waals surface area contributed by atoms with Crippen molar-refractivity contribution in [3.63, 3.8) is 0 Å². The van der Waals surface area contributed by atoms with Gasteiger partial charge in [0.25, 0.3) is 0 Å². The summed E-state index contributed by atoms with van der Waals surface area (Å²) in [6.45, 7) is 10.0. The average Bonchev–Trinajstić information content (AvgIpc) is 1.60. The van der Waals surface area contributed by atoms with Gasteiger partial charge in [0.15, 0.2) is 0 Å². The molecule has 3 heterocycles. The van der Waals surface area contributed by atoms with E-state index in [1.807, 2.05) is 6.07 Å². The topological polar surface area (TPSA) is 511 Å².